The Bertz CT molecular complexity index is 940. The second-order valence-corrected chi connectivity index (χ2v) is 7.36. The average molecular weight is 391 g/mol. The first-order valence-electron chi connectivity index (χ1n) is 9.00. The third-order valence-electron chi connectivity index (χ3n) is 4.17. The fourth-order valence-corrected chi connectivity index (χ4v) is 3.43. The van der Waals surface area contributed by atoms with E-state index in [1.807, 2.05) is 85.8 Å². The number of para-hydroxylation sites is 2. The van der Waals surface area contributed by atoms with Crippen molar-refractivity contribution >= 4 is 35.0 Å². The van der Waals surface area contributed by atoms with Gasteiger partial charge in [-0.15, -0.1) is 11.8 Å². The maximum atomic E-state index is 12.3. The topological polar surface area (TPSA) is 58.2 Å². The number of amides is 2. The zero-order valence-corrected chi connectivity index (χ0v) is 16.5. The molecular formula is C23H22N2O2S. The van der Waals surface area contributed by atoms with Crippen molar-refractivity contribution in [2.75, 3.05) is 16.4 Å². The molecule has 0 saturated heterocycles. The number of rotatable bonds is 7. The summed E-state index contributed by atoms with van der Waals surface area (Å²) in [5, 5.41) is 5.80. The Balaban J connectivity index is 1.46. The minimum Gasteiger partial charge on any atom is -0.325 e. The van der Waals surface area contributed by atoms with E-state index in [-0.39, 0.29) is 11.8 Å². The van der Waals surface area contributed by atoms with Crippen molar-refractivity contribution < 1.29 is 9.59 Å². The summed E-state index contributed by atoms with van der Waals surface area (Å²) in [6.45, 7) is 1.97. The van der Waals surface area contributed by atoms with Gasteiger partial charge in [0, 0.05) is 22.7 Å². The first kappa shape index (κ1) is 19.7. The van der Waals surface area contributed by atoms with E-state index >= 15 is 0 Å². The van der Waals surface area contributed by atoms with Crippen molar-refractivity contribution in [1.82, 2.24) is 0 Å². The van der Waals surface area contributed by atoms with Crippen LogP contribution in [0.5, 0.6) is 0 Å². The number of hydrogen-bond acceptors (Lipinski definition) is 3. The lowest BCUT2D eigenvalue weighted by Crippen LogP contribution is -2.15. The minimum absolute atomic E-state index is 0.0156. The minimum atomic E-state index is -0.136. The van der Waals surface area contributed by atoms with Crippen LogP contribution >= 0.6 is 11.8 Å². The van der Waals surface area contributed by atoms with E-state index in [0.29, 0.717) is 17.1 Å². The normalized spacial score (nSPS) is 10.3. The molecule has 3 aromatic rings. The van der Waals surface area contributed by atoms with E-state index in [1.165, 1.54) is 0 Å². The number of anilines is 2. The molecule has 0 spiro atoms. The summed E-state index contributed by atoms with van der Waals surface area (Å²) in [5.41, 5.74) is 4.35. The van der Waals surface area contributed by atoms with Gasteiger partial charge in [0.25, 0.3) is 5.91 Å². The second kappa shape index (κ2) is 9.76. The van der Waals surface area contributed by atoms with Crippen LogP contribution in [0.2, 0.25) is 0 Å². The van der Waals surface area contributed by atoms with Crippen molar-refractivity contribution in [2.45, 2.75) is 12.7 Å². The Morgan fingerprint density at radius 2 is 1.50 bits per heavy atom. The molecule has 0 fully saturated rings. The van der Waals surface area contributed by atoms with E-state index in [0.717, 1.165) is 22.5 Å². The molecule has 0 aliphatic heterocycles. The van der Waals surface area contributed by atoms with Gasteiger partial charge in [-0.2, -0.15) is 0 Å². The van der Waals surface area contributed by atoms with E-state index in [4.69, 9.17) is 0 Å². The van der Waals surface area contributed by atoms with E-state index in [1.54, 1.807) is 11.8 Å². The molecule has 0 heterocycles. The first-order valence-corrected chi connectivity index (χ1v) is 10.2. The van der Waals surface area contributed by atoms with Gasteiger partial charge in [0.15, 0.2) is 0 Å². The van der Waals surface area contributed by atoms with Crippen molar-refractivity contribution in [3.8, 4) is 0 Å². The Kier molecular flexibility index (Phi) is 6.87. The molecule has 28 heavy (non-hydrogen) atoms. The zero-order valence-electron chi connectivity index (χ0n) is 15.6. The van der Waals surface area contributed by atoms with Crippen LogP contribution in [0.15, 0.2) is 78.9 Å². The van der Waals surface area contributed by atoms with Crippen LogP contribution in [-0.4, -0.2) is 17.6 Å². The van der Waals surface area contributed by atoms with Crippen LogP contribution < -0.4 is 10.6 Å². The monoisotopic (exact) mass is 390 g/mol. The molecule has 4 nitrogen and oxygen atoms in total. The molecule has 0 saturated carbocycles. The lowest BCUT2D eigenvalue weighted by molar-refractivity contribution is -0.113. The largest absolute Gasteiger partial charge is 0.325 e. The number of carbonyl (C=O) groups is 2. The SMILES string of the molecule is Cc1ccccc1NC(=O)CSCc1ccc(C(=O)Nc2ccccc2)cc1. The number of thioether (sulfide) groups is 1. The van der Waals surface area contributed by atoms with Crippen molar-refractivity contribution in [2.24, 2.45) is 0 Å². The number of benzene rings is 3. The lowest BCUT2D eigenvalue weighted by Gasteiger charge is -2.08. The standard InChI is InChI=1S/C23H22N2O2S/c1-17-7-5-6-10-21(17)25-22(26)16-28-15-18-11-13-19(14-12-18)23(27)24-20-8-3-2-4-9-20/h2-14H,15-16H2,1H3,(H,24,27)(H,25,26). The van der Waals surface area contributed by atoms with Gasteiger partial charge >= 0.3 is 0 Å². The van der Waals surface area contributed by atoms with E-state index in [2.05, 4.69) is 10.6 Å². The third kappa shape index (κ3) is 5.72. The van der Waals surface area contributed by atoms with Crippen molar-refractivity contribution in [3.63, 3.8) is 0 Å². The van der Waals surface area contributed by atoms with Crippen LogP contribution in [0, 0.1) is 6.92 Å². The highest BCUT2D eigenvalue weighted by molar-refractivity contribution is 7.99. The summed E-state index contributed by atoms with van der Waals surface area (Å²) in [6, 6.07) is 24.6. The fraction of sp³-hybridized carbons (Fsp3) is 0.130. The highest BCUT2D eigenvalue weighted by Crippen LogP contribution is 2.17. The number of aryl methyl sites for hydroxylation is 1. The van der Waals surface area contributed by atoms with Gasteiger partial charge in [0.1, 0.15) is 0 Å². The predicted octanol–water partition coefficient (Wildman–Crippen LogP) is 5.12. The molecule has 142 valence electrons. The van der Waals surface area contributed by atoms with Gasteiger partial charge in [0.05, 0.1) is 5.75 Å². The molecule has 5 heteroatoms. The third-order valence-corrected chi connectivity index (χ3v) is 5.17. The summed E-state index contributed by atoms with van der Waals surface area (Å²) in [4.78, 5) is 24.3. The van der Waals surface area contributed by atoms with Crippen LogP contribution in [-0.2, 0) is 10.5 Å². The van der Waals surface area contributed by atoms with Gasteiger partial charge in [-0.05, 0) is 48.4 Å². The smallest absolute Gasteiger partial charge is 0.255 e. The molecule has 0 bridgehead atoms. The molecule has 0 unspecified atom stereocenters. The maximum Gasteiger partial charge on any atom is 0.255 e. The Hall–Kier alpha value is -3.05. The molecule has 0 radical (unpaired) electrons. The Morgan fingerprint density at radius 1 is 0.821 bits per heavy atom. The molecule has 2 N–H and O–H groups in total. The number of nitrogens with one attached hydrogen (secondary N) is 2. The highest BCUT2D eigenvalue weighted by atomic mass is 32.2. The second-order valence-electron chi connectivity index (χ2n) is 6.37. The first-order chi connectivity index (χ1) is 13.6. The van der Waals surface area contributed by atoms with E-state index < -0.39 is 0 Å². The summed E-state index contributed by atoms with van der Waals surface area (Å²) in [5.74, 6) is 0.938. The number of hydrogen-bond donors (Lipinski definition) is 2. The fourth-order valence-electron chi connectivity index (χ4n) is 2.64. The Labute approximate surface area is 169 Å². The van der Waals surface area contributed by atoms with Crippen LogP contribution in [0.25, 0.3) is 0 Å². The van der Waals surface area contributed by atoms with Gasteiger partial charge in [-0.25, -0.2) is 0 Å². The summed E-state index contributed by atoms with van der Waals surface area (Å²) in [7, 11) is 0. The Morgan fingerprint density at radius 3 is 2.21 bits per heavy atom. The highest BCUT2D eigenvalue weighted by Gasteiger charge is 2.07. The van der Waals surface area contributed by atoms with Gasteiger partial charge in [-0.3, -0.25) is 9.59 Å². The zero-order chi connectivity index (χ0) is 19.8. The van der Waals surface area contributed by atoms with Gasteiger partial charge < -0.3 is 10.6 Å². The van der Waals surface area contributed by atoms with Crippen molar-refractivity contribution in [1.29, 1.82) is 0 Å². The molecule has 0 aliphatic rings. The van der Waals surface area contributed by atoms with Gasteiger partial charge in [0.2, 0.25) is 5.91 Å². The van der Waals surface area contributed by atoms with Crippen LogP contribution in [0.3, 0.4) is 0 Å². The quantitative estimate of drug-likeness (QED) is 0.589. The predicted molar refractivity (Wildman–Crippen MR) is 117 cm³/mol. The lowest BCUT2D eigenvalue weighted by atomic mass is 10.1. The van der Waals surface area contributed by atoms with Crippen LogP contribution in [0.4, 0.5) is 11.4 Å². The summed E-state index contributed by atoms with van der Waals surface area (Å²) >= 11 is 1.54. The van der Waals surface area contributed by atoms with E-state index in [9.17, 15) is 9.59 Å². The molecule has 2 amide bonds. The molecule has 3 aromatic carbocycles. The molecule has 0 aliphatic carbocycles. The molecule has 0 atom stereocenters. The van der Waals surface area contributed by atoms with Crippen molar-refractivity contribution in [3.05, 3.63) is 95.6 Å². The van der Waals surface area contributed by atoms with Crippen LogP contribution in [0.1, 0.15) is 21.5 Å². The van der Waals surface area contributed by atoms with Gasteiger partial charge in [-0.1, -0.05) is 48.5 Å². The maximum absolute atomic E-state index is 12.3. The average Bonchev–Trinajstić information content (AvgIpc) is 2.71. The molecular weight excluding hydrogens is 368 g/mol. The molecule has 0 aromatic heterocycles. The summed E-state index contributed by atoms with van der Waals surface area (Å²) < 4.78 is 0. The number of carbonyl (C=O) groups excluding carboxylic acids is 2. The summed E-state index contributed by atoms with van der Waals surface area (Å²) in [6.07, 6.45) is 0. The molecule has 3 rings (SSSR count).